The number of amides is 3. The summed E-state index contributed by atoms with van der Waals surface area (Å²) in [4.78, 5) is 25.7. The summed E-state index contributed by atoms with van der Waals surface area (Å²) in [5.74, 6) is 0.119. The van der Waals surface area contributed by atoms with Crippen LogP contribution in [0.3, 0.4) is 0 Å². The van der Waals surface area contributed by atoms with Gasteiger partial charge in [0.25, 0.3) is 0 Å². The number of rotatable bonds is 2. The molecule has 91 valence electrons. The monoisotopic (exact) mass is 244 g/mol. The van der Waals surface area contributed by atoms with E-state index >= 15 is 0 Å². The first-order chi connectivity index (χ1) is 8.74. The number of nitrogens with one attached hydrogen (secondary N) is 1. The van der Waals surface area contributed by atoms with Crippen molar-refractivity contribution in [2.45, 2.75) is 6.61 Å². The fourth-order valence-electron chi connectivity index (χ4n) is 1.27. The number of amidine groups is 1. The largest absolute Gasteiger partial charge is 0.444 e. The molecule has 0 saturated heterocycles. The van der Waals surface area contributed by atoms with E-state index in [1.807, 2.05) is 30.3 Å². The maximum Gasteiger partial charge on any atom is 0.413 e. The molecule has 0 aliphatic carbocycles. The van der Waals surface area contributed by atoms with Crippen molar-refractivity contribution in [2.24, 2.45) is 4.99 Å². The number of hydrogen-bond acceptors (Lipinski definition) is 3. The minimum atomic E-state index is -0.669. The summed E-state index contributed by atoms with van der Waals surface area (Å²) in [6, 6.07) is 8.60. The van der Waals surface area contributed by atoms with Crippen LogP contribution in [0.2, 0.25) is 0 Å². The van der Waals surface area contributed by atoms with E-state index in [4.69, 9.17) is 4.74 Å². The molecule has 6 nitrogen and oxygen atoms in total. The van der Waals surface area contributed by atoms with E-state index in [-0.39, 0.29) is 12.4 Å². The molecule has 3 amide bonds. The highest BCUT2D eigenvalue weighted by molar-refractivity contribution is 6.08. The standard InChI is InChI=1S/C12H10N3O3/c16-11-13-7-6-10(14-11)15-12(17)18-8-9-4-2-1-3-5-9/h1-7H,8H2,(H,14,15,16,17). The van der Waals surface area contributed by atoms with Crippen LogP contribution in [0.4, 0.5) is 9.59 Å². The molecule has 0 saturated carbocycles. The molecule has 1 aliphatic heterocycles. The van der Waals surface area contributed by atoms with Gasteiger partial charge in [0.15, 0.2) is 0 Å². The van der Waals surface area contributed by atoms with Gasteiger partial charge >= 0.3 is 12.1 Å². The van der Waals surface area contributed by atoms with Gasteiger partial charge in [0, 0.05) is 6.20 Å². The summed E-state index contributed by atoms with van der Waals surface area (Å²) in [7, 11) is 0. The summed E-state index contributed by atoms with van der Waals surface area (Å²) in [6.07, 6.45) is 2.00. The molecule has 0 spiro atoms. The number of aliphatic imine (C=N–C) groups is 1. The second kappa shape index (κ2) is 5.62. The second-order valence-electron chi connectivity index (χ2n) is 3.41. The van der Waals surface area contributed by atoms with Crippen molar-refractivity contribution in [3.05, 3.63) is 48.2 Å². The van der Waals surface area contributed by atoms with Crippen molar-refractivity contribution in [1.29, 1.82) is 0 Å². The van der Waals surface area contributed by atoms with Crippen LogP contribution in [-0.4, -0.2) is 18.0 Å². The Morgan fingerprint density at radius 3 is 2.78 bits per heavy atom. The number of urea groups is 1. The molecule has 0 fully saturated rings. The van der Waals surface area contributed by atoms with Gasteiger partial charge in [0.05, 0.1) is 0 Å². The van der Waals surface area contributed by atoms with Gasteiger partial charge in [-0.25, -0.2) is 9.59 Å². The predicted octanol–water partition coefficient (Wildman–Crippen LogP) is 1.56. The van der Waals surface area contributed by atoms with Crippen molar-refractivity contribution >= 4 is 18.0 Å². The van der Waals surface area contributed by atoms with Gasteiger partial charge < -0.3 is 4.74 Å². The van der Waals surface area contributed by atoms with E-state index in [1.54, 1.807) is 0 Å². The van der Waals surface area contributed by atoms with Gasteiger partial charge in [-0.1, -0.05) is 30.3 Å². The lowest BCUT2D eigenvalue weighted by Gasteiger charge is -2.08. The van der Waals surface area contributed by atoms with E-state index in [1.165, 1.54) is 12.3 Å². The number of hydrogen-bond donors (Lipinski definition) is 1. The molecule has 1 aromatic rings. The number of alkyl carbamates (subject to hydrolysis) is 1. The molecular formula is C12H10N3O3. The van der Waals surface area contributed by atoms with E-state index in [2.05, 4.69) is 15.6 Å². The highest BCUT2D eigenvalue weighted by Gasteiger charge is 2.10. The van der Waals surface area contributed by atoms with Gasteiger partial charge in [-0.2, -0.15) is 10.3 Å². The molecule has 1 N–H and O–H groups in total. The SMILES string of the molecule is O=C1[N]C=CC(NC(=O)OCc2ccccc2)=N1. The zero-order chi connectivity index (χ0) is 12.8. The Labute approximate surface area is 103 Å². The normalized spacial score (nSPS) is 13.6. The lowest BCUT2D eigenvalue weighted by Crippen LogP contribution is -2.32. The first-order valence-corrected chi connectivity index (χ1v) is 5.22. The van der Waals surface area contributed by atoms with Crippen LogP contribution in [0.15, 0.2) is 47.6 Å². The Morgan fingerprint density at radius 2 is 2.06 bits per heavy atom. The number of nitrogens with zero attached hydrogens (tertiary/aromatic N) is 2. The predicted molar refractivity (Wildman–Crippen MR) is 63.9 cm³/mol. The van der Waals surface area contributed by atoms with Gasteiger partial charge in [-0.15, -0.1) is 0 Å². The molecule has 2 rings (SSSR count). The molecule has 1 radical (unpaired) electrons. The van der Waals surface area contributed by atoms with Crippen LogP contribution < -0.4 is 10.6 Å². The van der Waals surface area contributed by atoms with E-state index in [0.717, 1.165) is 5.56 Å². The average Bonchev–Trinajstić information content (AvgIpc) is 2.38. The van der Waals surface area contributed by atoms with E-state index in [0.29, 0.717) is 0 Å². The Balaban J connectivity index is 1.83. The molecule has 0 unspecified atom stereocenters. The Hall–Kier alpha value is -2.63. The Morgan fingerprint density at radius 1 is 1.28 bits per heavy atom. The van der Waals surface area contributed by atoms with Gasteiger partial charge in [-0.05, 0) is 11.6 Å². The van der Waals surface area contributed by atoms with Crippen LogP contribution in [0.5, 0.6) is 0 Å². The van der Waals surface area contributed by atoms with Crippen molar-refractivity contribution in [3.8, 4) is 0 Å². The molecule has 6 heteroatoms. The van der Waals surface area contributed by atoms with Crippen molar-refractivity contribution < 1.29 is 14.3 Å². The summed E-state index contributed by atoms with van der Waals surface area (Å²) in [5.41, 5.74) is 0.875. The maximum atomic E-state index is 11.4. The molecule has 1 aromatic carbocycles. The van der Waals surface area contributed by atoms with Gasteiger partial charge in [0.2, 0.25) is 0 Å². The summed E-state index contributed by atoms with van der Waals surface area (Å²) in [5, 5.41) is 5.72. The van der Waals surface area contributed by atoms with E-state index < -0.39 is 12.1 Å². The van der Waals surface area contributed by atoms with Crippen molar-refractivity contribution in [2.75, 3.05) is 0 Å². The number of ether oxygens (including phenoxy) is 1. The third-order valence-corrected chi connectivity index (χ3v) is 2.08. The molecule has 1 aliphatic rings. The minimum absolute atomic E-state index is 0.119. The van der Waals surface area contributed by atoms with Crippen LogP contribution >= 0.6 is 0 Å². The van der Waals surface area contributed by atoms with Crippen LogP contribution in [0.1, 0.15) is 5.56 Å². The van der Waals surface area contributed by atoms with Crippen LogP contribution in [-0.2, 0) is 11.3 Å². The van der Waals surface area contributed by atoms with Crippen LogP contribution in [0.25, 0.3) is 0 Å². The fraction of sp³-hybridized carbons (Fsp3) is 0.0833. The zero-order valence-corrected chi connectivity index (χ0v) is 9.37. The summed E-state index contributed by atoms with van der Waals surface area (Å²) >= 11 is 0. The highest BCUT2D eigenvalue weighted by atomic mass is 16.5. The number of carbonyl (C=O) groups is 2. The molecule has 18 heavy (non-hydrogen) atoms. The topological polar surface area (TPSA) is 81.9 Å². The molecule has 0 bridgehead atoms. The quantitative estimate of drug-likeness (QED) is 0.857. The fourth-order valence-corrected chi connectivity index (χ4v) is 1.27. The minimum Gasteiger partial charge on any atom is -0.444 e. The molecule has 0 atom stereocenters. The van der Waals surface area contributed by atoms with Crippen molar-refractivity contribution in [3.63, 3.8) is 0 Å². The van der Waals surface area contributed by atoms with Gasteiger partial charge in [-0.3, -0.25) is 5.32 Å². The number of benzene rings is 1. The Kier molecular flexibility index (Phi) is 3.70. The van der Waals surface area contributed by atoms with Gasteiger partial charge in [0.1, 0.15) is 12.4 Å². The molecule has 1 heterocycles. The highest BCUT2D eigenvalue weighted by Crippen LogP contribution is 2.00. The lowest BCUT2D eigenvalue weighted by molar-refractivity contribution is 0.145. The first-order valence-electron chi connectivity index (χ1n) is 5.22. The smallest absolute Gasteiger partial charge is 0.413 e. The third-order valence-electron chi connectivity index (χ3n) is 2.08. The maximum absolute atomic E-state index is 11.4. The zero-order valence-electron chi connectivity index (χ0n) is 9.37. The first kappa shape index (κ1) is 11.8. The van der Waals surface area contributed by atoms with Crippen LogP contribution in [0, 0.1) is 0 Å². The average molecular weight is 244 g/mol. The number of carbonyl (C=O) groups excluding carboxylic acids is 2. The molecule has 0 aromatic heterocycles. The summed E-state index contributed by atoms with van der Waals surface area (Å²) < 4.78 is 4.96. The second-order valence-corrected chi connectivity index (χ2v) is 3.41. The van der Waals surface area contributed by atoms with Crippen molar-refractivity contribution in [1.82, 2.24) is 10.6 Å². The summed E-state index contributed by atoms with van der Waals surface area (Å²) in [6.45, 7) is 0.155. The third kappa shape index (κ3) is 3.44. The van der Waals surface area contributed by atoms with E-state index in [9.17, 15) is 9.59 Å². The Bertz CT molecular complexity index is 509. The lowest BCUT2D eigenvalue weighted by atomic mass is 10.2. The molecular weight excluding hydrogens is 234 g/mol.